The first-order valence-corrected chi connectivity index (χ1v) is 8.47. The minimum Gasteiger partial charge on any atom is -0.330 e. The van der Waals surface area contributed by atoms with Crippen molar-refractivity contribution < 1.29 is 0 Å². The van der Waals surface area contributed by atoms with Gasteiger partial charge in [0.25, 0.3) is 0 Å². The number of halogens is 1. The molecule has 3 atom stereocenters. The van der Waals surface area contributed by atoms with E-state index in [-0.39, 0.29) is 0 Å². The predicted molar refractivity (Wildman–Crippen MR) is 86.1 cm³/mol. The summed E-state index contributed by atoms with van der Waals surface area (Å²) in [6.07, 6.45) is 7.99. The molecule has 0 saturated heterocycles. The number of benzene rings is 1. The standard InChI is InChI=1S/C17H26BrN/c1-2-5-13-8-9-15(12-19)16(10-13)11-14-6-3-4-7-17(14)18/h3-4,6-7,13,15-16H,2,5,8-12,19H2,1H3. The van der Waals surface area contributed by atoms with Crippen molar-refractivity contribution in [3.05, 3.63) is 34.3 Å². The third-order valence-corrected chi connectivity index (χ3v) is 5.46. The highest BCUT2D eigenvalue weighted by atomic mass is 79.9. The molecular weight excluding hydrogens is 298 g/mol. The first-order chi connectivity index (χ1) is 9.24. The average molecular weight is 324 g/mol. The number of hydrogen-bond donors (Lipinski definition) is 1. The summed E-state index contributed by atoms with van der Waals surface area (Å²) in [4.78, 5) is 0. The number of rotatable bonds is 5. The molecule has 3 unspecified atom stereocenters. The topological polar surface area (TPSA) is 26.0 Å². The fraction of sp³-hybridized carbons (Fsp3) is 0.647. The molecule has 1 aromatic rings. The summed E-state index contributed by atoms with van der Waals surface area (Å²) in [5, 5.41) is 0. The van der Waals surface area contributed by atoms with Crippen LogP contribution in [0.25, 0.3) is 0 Å². The Morgan fingerprint density at radius 1 is 1.21 bits per heavy atom. The van der Waals surface area contributed by atoms with Gasteiger partial charge < -0.3 is 5.73 Å². The normalized spacial score (nSPS) is 27.4. The van der Waals surface area contributed by atoms with Crippen molar-refractivity contribution in [3.63, 3.8) is 0 Å². The molecule has 0 radical (unpaired) electrons. The lowest BCUT2D eigenvalue weighted by Gasteiger charge is -2.36. The molecule has 2 rings (SSSR count). The monoisotopic (exact) mass is 323 g/mol. The Balaban J connectivity index is 2.04. The van der Waals surface area contributed by atoms with Crippen LogP contribution in [0.3, 0.4) is 0 Å². The van der Waals surface area contributed by atoms with Crippen molar-refractivity contribution in [2.45, 2.75) is 45.4 Å². The van der Waals surface area contributed by atoms with Gasteiger partial charge in [0.15, 0.2) is 0 Å². The summed E-state index contributed by atoms with van der Waals surface area (Å²) in [5.74, 6) is 2.43. The highest BCUT2D eigenvalue weighted by molar-refractivity contribution is 9.10. The smallest absolute Gasteiger partial charge is 0.0207 e. The molecule has 0 aliphatic heterocycles. The fourth-order valence-corrected chi connectivity index (χ4v) is 4.05. The van der Waals surface area contributed by atoms with Crippen LogP contribution in [0.4, 0.5) is 0 Å². The van der Waals surface area contributed by atoms with Gasteiger partial charge in [-0.15, -0.1) is 0 Å². The van der Waals surface area contributed by atoms with Crippen LogP contribution in [-0.4, -0.2) is 6.54 Å². The molecule has 1 saturated carbocycles. The zero-order valence-corrected chi connectivity index (χ0v) is 13.5. The highest BCUT2D eigenvalue weighted by Crippen LogP contribution is 2.38. The molecule has 1 fully saturated rings. The van der Waals surface area contributed by atoms with Crippen LogP contribution in [0.5, 0.6) is 0 Å². The maximum absolute atomic E-state index is 5.99. The predicted octanol–water partition coefficient (Wildman–Crippen LogP) is 4.78. The lowest BCUT2D eigenvalue weighted by atomic mass is 9.70. The van der Waals surface area contributed by atoms with Crippen LogP contribution in [0.1, 0.15) is 44.6 Å². The Morgan fingerprint density at radius 3 is 2.68 bits per heavy atom. The van der Waals surface area contributed by atoms with Crippen molar-refractivity contribution in [1.29, 1.82) is 0 Å². The third-order valence-electron chi connectivity index (χ3n) is 4.69. The van der Waals surface area contributed by atoms with Crippen LogP contribution in [0, 0.1) is 17.8 Å². The fourth-order valence-electron chi connectivity index (χ4n) is 3.60. The Morgan fingerprint density at radius 2 is 2.00 bits per heavy atom. The molecule has 0 spiro atoms. The summed E-state index contributed by atoms with van der Waals surface area (Å²) >= 11 is 3.68. The van der Waals surface area contributed by atoms with Crippen molar-refractivity contribution in [3.8, 4) is 0 Å². The molecule has 0 heterocycles. The van der Waals surface area contributed by atoms with Gasteiger partial charge in [0.2, 0.25) is 0 Å². The van der Waals surface area contributed by atoms with Crippen molar-refractivity contribution >= 4 is 15.9 Å². The van der Waals surface area contributed by atoms with Gasteiger partial charge in [0.1, 0.15) is 0 Å². The van der Waals surface area contributed by atoms with Crippen molar-refractivity contribution in [2.75, 3.05) is 6.54 Å². The molecular formula is C17H26BrN. The maximum atomic E-state index is 5.99. The van der Waals surface area contributed by atoms with E-state index in [4.69, 9.17) is 5.73 Å². The second-order valence-corrected chi connectivity index (χ2v) is 6.87. The van der Waals surface area contributed by atoms with E-state index in [0.29, 0.717) is 0 Å². The molecule has 0 bridgehead atoms. The lowest BCUT2D eigenvalue weighted by Crippen LogP contribution is -2.31. The summed E-state index contributed by atoms with van der Waals surface area (Å²) < 4.78 is 1.25. The van der Waals surface area contributed by atoms with E-state index in [0.717, 1.165) is 24.3 Å². The van der Waals surface area contributed by atoms with Crippen LogP contribution < -0.4 is 5.73 Å². The van der Waals surface area contributed by atoms with Gasteiger partial charge >= 0.3 is 0 Å². The van der Waals surface area contributed by atoms with E-state index in [9.17, 15) is 0 Å². The first kappa shape index (κ1) is 15.1. The molecule has 1 aliphatic rings. The summed E-state index contributed by atoms with van der Waals surface area (Å²) in [6, 6.07) is 8.64. The van der Waals surface area contributed by atoms with Gasteiger partial charge in [-0.05, 0) is 55.2 Å². The van der Waals surface area contributed by atoms with E-state index >= 15 is 0 Å². The van der Waals surface area contributed by atoms with Crippen molar-refractivity contribution in [1.82, 2.24) is 0 Å². The van der Waals surface area contributed by atoms with E-state index in [1.165, 1.54) is 48.6 Å². The van der Waals surface area contributed by atoms with E-state index in [2.05, 4.69) is 47.1 Å². The summed E-state index contributed by atoms with van der Waals surface area (Å²) in [6.45, 7) is 3.16. The molecule has 2 N–H and O–H groups in total. The Hall–Kier alpha value is -0.340. The summed E-state index contributed by atoms with van der Waals surface area (Å²) in [7, 11) is 0. The number of hydrogen-bond acceptors (Lipinski definition) is 1. The van der Waals surface area contributed by atoms with Gasteiger partial charge in [0.05, 0.1) is 0 Å². The molecule has 0 amide bonds. The largest absolute Gasteiger partial charge is 0.330 e. The zero-order valence-electron chi connectivity index (χ0n) is 11.9. The second-order valence-electron chi connectivity index (χ2n) is 6.02. The van der Waals surface area contributed by atoms with E-state index in [1.54, 1.807) is 0 Å². The second kappa shape index (κ2) is 7.44. The van der Waals surface area contributed by atoms with Crippen LogP contribution in [-0.2, 0) is 6.42 Å². The molecule has 1 aromatic carbocycles. The quantitative estimate of drug-likeness (QED) is 0.828. The van der Waals surface area contributed by atoms with E-state index in [1.807, 2.05) is 0 Å². The minimum absolute atomic E-state index is 0.722. The third kappa shape index (κ3) is 4.06. The molecule has 1 nitrogen and oxygen atoms in total. The number of nitrogens with two attached hydrogens (primary N) is 1. The maximum Gasteiger partial charge on any atom is 0.0207 e. The van der Waals surface area contributed by atoms with Gasteiger partial charge in [0, 0.05) is 4.47 Å². The highest BCUT2D eigenvalue weighted by Gasteiger charge is 2.29. The molecule has 2 heteroatoms. The van der Waals surface area contributed by atoms with Crippen molar-refractivity contribution in [2.24, 2.45) is 23.5 Å². The zero-order chi connectivity index (χ0) is 13.7. The van der Waals surface area contributed by atoms with Gasteiger partial charge in [-0.1, -0.05) is 60.3 Å². The Labute approximate surface area is 126 Å². The molecule has 1 aliphatic carbocycles. The van der Waals surface area contributed by atoms with Gasteiger partial charge in [-0.25, -0.2) is 0 Å². The Bertz CT molecular complexity index is 391. The average Bonchev–Trinajstić information content (AvgIpc) is 2.42. The minimum atomic E-state index is 0.722. The van der Waals surface area contributed by atoms with Gasteiger partial charge in [-0.3, -0.25) is 0 Å². The molecule has 19 heavy (non-hydrogen) atoms. The Kier molecular flexibility index (Phi) is 5.90. The van der Waals surface area contributed by atoms with Crippen LogP contribution >= 0.6 is 15.9 Å². The molecule has 0 aromatic heterocycles. The van der Waals surface area contributed by atoms with Crippen LogP contribution in [0.15, 0.2) is 28.7 Å². The van der Waals surface area contributed by atoms with Crippen LogP contribution in [0.2, 0.25) is 0 Å². The SMILES string of the molecule is CCCC1CCC(CN)C(Cc2ccccc2Br)C1. The van der Waals surface area contributed by atoms with Gasteiger partial charge in [-0.2, -0.15) is 0 Å². The molecule has 106 valence electrons. The first-order valence-electron chi connectivity index (χ1n) is 7.68. The summed E-state index contributed by atoms with van der Waals surface area (Å²) in [5.41, 5.74) is 7.44. The van der Waals surface area contributed by atoms with E-state index < -0.39 is 0 Å². The lowest BCUT2D eigenvalue weighted by molar-refractivity contribution is 0.175.